The minimum absolute atomic E-state index is 0.164. The maximum atomic E-state index is 12.7. The molecule has 1 aromatic heterocycles. The van der Waals surface area contributed by atoms with Gasteiger partial charge in [0, 0.05) is 43.7 Å². The van der Waals surface area contributed by atoms with Crippen molar-refractivity contribution in [3.8, 4) is 5.88 Å². The van der Waals surface area contributed by atoms with E-state index in [1.54, 1.807) is 13.2 Å². The van der Waals surface area contributed by atoms with Crippen LogP contribution in [0.15, 0.2) is 12.3 Å². The van der Waals surface area contributed by atoms with Gasteiger partial charge in [0.15, 0.2) is 0 Å². The number of halogens is 3. The molecule has 1 N–H and O–H groups in total. The molecule has 1 aliphatic heterocycles. The van der Waals surface area contributed by atoms with Gasteiger partial charge < -0.3 is 24.2 Å². The van der Waals surface area contributed by atoms with E-state index >= 15 is 0 Å². The maximum absolute atomic E-state index is 12.7. The number of aliphatic hydroxyl groups is 1. The second-order valence-electron chi connectivity index (χ2n) is 6.33. The molecule has 0 aliphatic carbocycles. The van der Waals surface area contributed by atoms with Gasteiger partial charge in [-0.1, -0.05) is 0 Å². The van der Waals surface area contributed by atoms with Crippen molar-refractivity contribution in [1.82, 2.24) is 4.98 Å². The number of rotatable bonds is 8. The fourth-order valence-electron chi connectivity index (χ4n) is 3.05. The van der Waals surface area contributed by atoms with Gasteiger partial charge in [-0.2, -0.15) is 13.2 Å². The highest BCUT2D eigenvalue weighted by Gasteiger charge is 2.34. The van der Waals surface area contributed by atoms with E-state index in [1.807, 2.05) is 4.90 Å². The highest BCUT2D eigenvalue weighted by atomic mass is 19.4. The number of hydrogen-bond acceptors (Lipinski definition) is 6. The summed E-state index contributed by atoms with van der Waals surface area (Å²) in [6.07, 6.45) is -4.49. The predicted octanol–water partition coefficient (Wildman–Crippen LogP) is 2.91. The first-order valence-electron chi connectivity index (χ1n) is 8.44. The quantitative estimate of drug-likeness (QED) is 0.554. The fraction of sp³-hybridized carbons (Fsp3) is 0.706. The first-order valence-corrected chi connectivity index (χ1v) is 8.44. The number of nitrogens with zero attached hydrogens (tertiary/aromatic N) is 2. The molecule has 1 saturated heterocycles. The molecule has 0 radical (unpaired) electrons. The summed E-state index contributed by atoms with van der Waals surface area (Å²) >= 11 is 0. The number of pyridine rings is 1. The van der Waals surface area contributed by atoms with Crippen LogP contribution in [-0.4, -0.2) is 57.0 Å². The SMILES string of the molecule is COCOCC1CCN(c2cc(OC)ncc2C(O)CC(F)(F)F)CC1. The van der Waals surface area contributed by atoms with Crippen molar-refractivity contribution in [3.05, 3.63) is 17.8 Å². The summed E-state index contributed by atoms with van der Waals surface area (Å²) in [4.78, 5) is 5.92. The summed E-state index contributed by atoms with van der Waals surface area (Å²) in [5.41, 5.74) is 0.696. The van der Waals surface area contributed by atoms with Crippen molar-refractivity contribution in [1.29, 1.82) is 0 Å². The molecule has 2 rings (SSSR count). The van der Waals surface area contributed by atoms with Gasteiger partial charge >= 0.3 is 6.18 Å². The zero-order valence-corrected chi connectivity index (χ0v) is 15.0. The Hall–Kier alpha value is -1.58. The van der Waals surface area contributed by atoms with Crippen molar-refractivity contribution >= 4 is 5.69 Å². The standard InChI is InChI=1S/C17H25F3N2O4/c1-24-11-26-10-12-3-5-22(6-4-12)14-7-16(25-2)21-9-13(14)15(23)8-17(18,19)20/h7,9,12,15,23H,3-6,8,10-11H2,1-2H3. The van der Waals surface area contributed by atoms with Crippen molar-refractivity contribution in [2.24, 2.45) is 5.92 Å². The van der Waals surface area contributed by atoms with Crippen molar-refractivity contribution in [3.63, 3.8) is 0 Å². The molecule has 148 valence electrons. The van der Waals surface area contributed by atoms with Gasteiger partial charge in [-0.3, -0.25) is 0 Å². The first kappa shape index (κ1) is 20.7. The third-order valence-electron chi connectivity index (χ3n) is 4.39. The van der Waals surface area contributed by atoms with E-state index in [0.717, 1.165) is 12.8 Å². The van der Waals surface area contributed by atoms with Crippen LogP contribution in [0.1, 0.15) is 30.9 Å². The first-order chi connectivity index (χ1) is 12.3. The van der Waals surface area contributed by atoms with Crippen LogP contribution >= 0.6 is 0 Å². The normalized spacial score (nSPS) is 17.4. The van der Waals surface area contributed by atoms with Gasteiger partial charge in [0.25, 0.3) is 0 Å². The van der Waals surface area contributed by atoms with Crippen molar-refractivity contribution in [2.75, 3.05) is 45.6 Å². The van der Waals surface area contributed by atoms with Crippen LogP contribution in [0.25, 0.3) is 0 Å². The molecule has 0 spiro atoms. The number of methoxy groups -OCH3 is 2. The van der Waals surface area contributed by atoms with Crippen LogP contribution in [0.3, 0.4) is 0 Å². The third kappa shape index (κ3) is 6.00. The van der Waals surface area contributed by atoms with Gasteiger partial charge in [0.1, 0.15) is 6.79 Å². The Morgan fingerprint density at radius 2 is 2.00 bits per heavy atom. The zero-order chi connectivity index (χ0) is 19.2. The topological polar surface area (TPSA) is 64.1 Å². The van der Waals surface area contributed by atoms with Gasteiger partial charge in [0.05, 0.1) is 26.2 Å². The van der Waals surface area contributed by atoms with Crippen LogP contribution in [0.2, 0.25) is 0 Å². The number of hydrogen-bond donors (Lipinski definition) is 1. The van der Waals surface area contributed by atoms with Gasteiger partial charge in [-0.25, -0.2) is 4.98 Å². The van der Waals surface area contributed by atoms with E-state index in [1.165, 1.54) is 13.3 Å². The molecule has 1 atom stereocenters. The number of aliphatic hydroxyl groups excluding tert-OH is 1. The largest absolute Gasteiger partial charge is 0.481 e. The molecule has 0 amide bonds. The molecule has 0 saturated carbocycles. The molecule has 2 heterocycles. The Morgan fingerprint density at radius 1 is 1.31 bits per heavy atom. The van der Waals surface area contributed by atoms with E-state index in [9.17, 15) is 18.3 Å². The van der Waals surface area contributed by atoms with Gasteiger partial charge in [-0.15, -0.1) is 0 Å². The van der Waals surface area contributed by atoms with Crippen molar-refractivity contribution < 1.29 is 32.5 Å². The fourth-order valence-corrected chi connectivity index (χ4v) is 3.05. The van der Waals surface area contributed by atoms with Crippen LogP contribution in [0, 0.1) is 5.92 Å². The van der Waals surface area contributed by atoms with Gasteiger partial charge in [0.2, 0.25) is 5.88 Å². The predicted molar refractivity (Wildman–Crippen MR) is 89.2 cm³/mol. The Bertz CT molecular complexity index is 563. The minimum Gasteiger partial charge on any atom is -0.481 e. The molecular formula is C17H25F3N2O4. The Labute approximate surface area is 150 Å². The molecule has 1 aliphatic rings. The lowest BCUT2D eigenvalue weighted by molar-refractivity contribution is -0.154. The molecule has 1 unspecified atom stereocenters. The Morgan fingerprint density at radius 3 is 2.58 bits per heavy atom. The van der Waals surface area contributed by atoms with E-state index in [-0.39, 0.29) is 12.4 Å². The highest BCUT2D eigenvalue weighted by Crippen LogP contribution is 2.36. The van der Waals surface area contributed by atoms with Crippen LogP contribution in [0.5, 0.6) is 5.88 Å². The number of alkyl halides is 3. The van der Waals surface area contributed by atoms with E-state index in [2.05, 4.69) is 4.98 Å². The minimum atomic E-state index is -4.46. The summed E-state index contributed by atoms with van der Waals surface area (Å²) in [7, 11) is 3.00. The number of aromatic nitrogens is 1. The number of anilines is 1. The lowest BCUT2D eigenvalue weighted by Crippen LogP contribution is -2.36. The molecule has 1 aromatic rings. The Balaban J connectivity index is 2.09. The van der Waals surface area contributed by atoms with E-state index < -0.39 is 18.7 Å². The molecule has 9 heteroatoms. The second kappa shape index (κ2) is 9.38. The van der Waals surface area contributed by atoms with E-state index in [4.69, 9.17) is 14.2 Å². The molecule has 1 fully saturated rings. The van der Waals surface area contributed by atoms with Crippen molar-refractivity contribution in [2.45, 2.75) is 31.5 Å². The smallest absolute Gasteiger partial charge is 0.391 e. The summed E-state index contributed by atoms with van der Waals surface area (Å²) < 4.78 is 53.3. The molecule has 6 nitrogen and oxygen atoms in total. The number of piperidine rings is 1. The third-order valence-corrected chi connectivity index (χ3v) is 4.39. The van der Waals surface area contributed by atoms with Crippen LogP contribution in [-0.2, 0) is 9.47 Å². The van der Waals surface area contributed by atoms with E-state index in [0.29, 0.717) is 37.2 Å². The maximum Gasteiger partial charge on any atom is 0.391 e. The summed E-state index contributed by atoms with van der Waals surface area (Å²) in [6, 6.07) is 1.58. The average Bonchev–Trinajstić information content (AvgIpc) is 2.60. The summed E-state index contributed by atoms with van der Waals surface area (Å²) in [6.45, 7) is 2.14. The summed E-state index contributed by atoms with van der Waals surface area (Å²) in [5, 5.41) is 10.1. The molecule has 26 heavy (non-hydrogen) atoms. The number of ether oxygens (including phenoxy) is 3. The van der Waals surface area contributed by atoms with Crippen LogP contribution in [0.4, 0.5) is 18.9 Å². The van der Waals surface area contributed by atoms with Crippen LogP contribution < -0.4 is 9.64 Å². The molecular weight excluding hydrogens is 353 g/mol. The lowest BCUT2D eigenvalue weighted by atomic mass is 9.96. The zero-order valence-electron chi connectivity index (χ0n) is 15.0. The Kier molecular flexibility index (Phi) is 7.48. The van der Waals surface area contributed by atoms with Gasteiger partial charge in [-0.05, 0) is 18.8 Å². The second-order valence-corrected chi connectivity index (χ2v) is 6.33. The monoisotopic (exact) mass is 378 g/mol. The lowest BCUT2D eigenvalue weighted by Gasteiger charge is -2.35. The average molecular weight is 378 g/mol. The summed E-state index contributed by atoms with van der Waals surface area (Å²) in [5.74, 6) is 0.669. The molecule has 0 bridgehead atoms. The molecule has 0 aromatic carbocycles. The highest BCUT2D eigenvalue weighted by molar-refractivity contribution is 5.56.